The predicted octanol–water partition coefficient (Wildman–Crippen LogP) is 3.77. The summed E-state index contributed by atoms with van der Waals surface area (Å²) in [6.07, 6.45) is 0.947. The maximum absolute atomic E-state index is 11.2. The van der Waals surface area contributed by atoms with Crippen LogP contribution in [0, 0.1) is 0 Å². The summed E-state index contributed by atoms with van der Waals surface area (Å²) >= 11 is 6.23. The molecule has 0 amide bonds. The van der Waals surface area contributed by atoms with Crippen molar-refractivity contribution in [2.75, 3.05) is 0 Å². The molecule has 0 unspecified atom stereocenters. The lowest BCUT2D eigenvalue weighted by molar-refractivity contribution is 0.0680. The van der Waals surface area contributed by atoms with Gasteiger partial charge in [-0.2, -0.15) is 4.98 Å². The Morgan fingerprint density at radius 2 is 2.00 bits per heavy atom. The van der Waals surface area contributed by atoms with Crippen LogP contribution in [-0.4, -0.2) is 27.1 Å². The Morgan fingerprint density at radius 3 is 2.57 bits per heavy atom. The quantitative estimate of drug-likeness (QED) is 0.870. The summed E-state index contributed by atoms with van der Waals surface area (Å²) in [6, 6.07) is 7.51. The highest BCUT2D eigenvalue weighted by Crippen LogP contribution is 2.27. The minimum absolute atomic E-state index is 0.124. The Bertz CT molecular complexity index is 717. The van der Waals surface area contributed by atoms with Gasteiger partial charge < -0.3 is 9.84 Å². The maximum atomic E-state index is 11.2. The Labute approximate surface area is 140 Å². The Morgan fingerprint density at radius 1 is 1.30 bits per heavy atom. The average molecular weight is 335 g/mol. The van der Waals surface area contributed by atoms with Crippen LogP contribution in [0.3, 0.4) is 0 Å². The van der Waals surface area contributed by atoms with Crippen molar-refractivity contribution in [1.29, 1.82) is 0 Å². The van der Waals surface area contributed by atoms with E-state index in [1.807, 2.05) is 45.0 Å². The zero-order valence-corrected chi connectivity index (χ0v) is 14.1. The number of hydrogen-bond acceptors (Lipinski definition) is 4. The normalized spacial score (nSPS) is 10.8. The van der Waals surface area contributed by atoms with E-state index in [2.05, 4.69) is 9.97 Å². The van der Waals surface area contributed by atoms with E-state index < -0.39 is 5.97 Å². The number of benzene rings is 1. The fourth-order valence-corrected chi connectivity index (χ4v) is 2.43. The van der Waals surface area contributed by atoms with Gasteiger partial charge in [0, 0.05) is 17.0 Å². The molecular weight excluding hydrogens is 316 g/mol. The summed E-state index contributed by atoms with van der Waals surface area (Å²) in [5.74, 6) is -1.11. The first-order chi connectivity index (χ1) is 10.9. The summed E-state index contributed by atoms with van der Waals surface area (Å²) in [5, 5.41) is 9.83. The minimum atomic E-state index is -1.17. The number of rotatable bonds is 6. The SMILES string of the molecule is CCc1nc(C(=O)O)nc(OC(C)C)c1Cc1ccccc1Cl. The molecule has 2 rings (SSSR count). The van der Waals surface area contributed by atoms with Gasteiger partial charge in [-0.25, -0.2) is 9.78 Å². The van der Waals surface area contributed by atoms with Gasteiger partial charge in [-0.05, 0) is 31.9 Å². The van der Waals surface area contributed by atoms with Gasteiger partial charge in [-0.15, -0.1) is 0 Å². The molecular formula is C17H19ClN2O3. The lowest BCUT2D eigenvalue weighted by Crippen LogP contribution is -2.16. The highest BCUT2D eigenvalue weighted by Gasteiger charge is 2.20. The predicted molar refractivity (Wildman–Crippen MR) is 88.4 cm³/mol. The number of halogens is 1. The molecule has 2 aromatic rings. The van der Waals surface area contributed by atoms with Gasteiger partial charge in [0.1, 0.15) is 0 Å². The van der Waals surface area contributed by atoms with E-state index >= 15 is 0 Å². The minimum Gasteiger partial charge on any atom is -0.475 e. The zero-order chi connectivity index (χ0) is 17.0. The number of nitrogens with zero attached hydrogens (tertiary/aromatic N) is 2. The Kier molecular flexibility index (Phi) is 5.55. The second-order valence-electron chi connectivity index (χ2n) is 5.37. The van der Waals surface area contributed by atoms with Crippen LogP contribution in [0.15, 0.2) is 24.3 Å². The molecule has 6 heteroatoms. The van der Waals surface area contributed by atoms with Crippen LogP contribution >= 0.6 is 11.6 Å². The van der Waals surface area contributed by atoms with E-state index in [4.69, 9.17) is 16.3 Å². The van der Waals surface area contributed by atoms with E-state index in [1.54, 1.807) is 0 Å². The fourth-order valence-electron chi connectivity index (χ4n) is 2.23. The Balaban J connectivity index is 2.54. The summed E-state index contributed by atoms with van der Waals surface area (Å²) in [7, 11) is 0. The van der Waals surface area contributed by atoms with Crippen molar-refractivity contribution in [3.63, 3.8) is 0 Å². The summed E-state index contributed by atoms with van der Waals surface area (Å²) in [5.41, 5.74) is 2.36. The molecule has 0 fully saturated rings. The topological polar surface area (TPSA) is 72.3 Å². The van der Waals surface area contributed by atoms with E-state index in [-0.39, 0.29) is 11.9 Å². The van der Waals surface area contributed by atoms with E-state index in [9.17, 15) is 9.90 Å². The van der Waals surface area contributed by atoms with Gasteiger partial charge in [0.25, 0.3) is 0 Å². The third-order valence-electron chi connectivity index (χ3n) is 3.25. The van der Waals surface area contributed by atoms with Crippen molar-refractivity contribution in [3.8, 4) is 5.88 Å². The number of carbonyl (C=O) groups is 1. The molecule has 0 aliphatic rings. The zero-order valence-electron chi connectivity index (χ0n) is 13.3. The van der Waals surface area contributed by atoms with Gasteiger partial charge in [0.2, 0.25) is 11.7 Å². The van der Waals surface area contributed by atoms with Crippen molar-refractivity contribution in [2.24, 2.45) is 0 Å². The van der Waals surface area contributed by atoms with Crippen molar-refractivity contribution >= 4 is 17.6 Å². The molecule has 1 aromatic carbocycles. The second kappa shape index (κ2) is 7.42. The molecule has 1 N–H and O–H groups in total. The Hall–Kier alpha value is -2.14. The van der Waals surface area contributed by atoms with Crippen LogP contribution in [0.2, 0.25) is 5.02 Å². The highest BCUT2D eigenvalue weighted by molar-refractivity contribution is 6.31. The van der Waals surface area contributed by atoms with Crippen LogP contribution in [0.4, 0.5) is 0 Å². The number of carboxylic acid groups (broad SMARTS) is 1. The summed E-state index contributed by atoms with van der Waals surface area (Å²) in [4.78, 5) is 19.5. The summed E-state index contributed by atoms with van der Waals surface area (Å²) < 4.78 is 5.73. The lowest BCUT2D eigenvalue weighted by Gasteiger charge is -2.16. The van der Waals surface area contributed by atoms with Crippen LogP contribution in [0.25, 0.3) is 0 Å². The number of aromatic carboxylic acids is 1. The van der Waals surface area contributed by atoms with Crippen LogP contribution in [0.5, 0.6) is 5.88 Å². The third-order valence-corrected chi connectivity index (χ3v) is 3.62. The lowest BCUT2D eigenvalue weighted by atomic mass is 10.0. The molecule has 0 aliphatic carbocycles. The monoisotopic (exact) mass is 334 g/mol. The molecule has 23 heavy (non-hydrogen) atoms. The highest BCUT2D eigenvalue weighted by atomic mass is 35.5. The number of hydrogen-bond donors (Lipinski definition) is 1. The van der Waals surface area contributed by atoms with E-state index in [0.717, 1.165) is 11.1 Å². The first-order valence-corrected chi connectivity index (χ1v) is 7.83. The van der Waals surface area contributed by atoms with Crippen LogP contribution in [0.1, 0.15) is 48.2 Å². The molecule has 0 aliphatic heterocycles. The van der Waals surface area contributed by atoms with Crippen molar-refractivity contribution in [3.05, 3.63) is 51.9 Å². The molecule has 0 saturated carbocycles. The smallest absolute Gasteiger partial charge is 0.374 e. The maximum Gasteiger partial charge on any atom is 0.374 e. The molecule has 5 nitrogen and oxygen atoms in total. The number of aryl methyl sites for hydroxylation is 1. The average Bonchev–Trinajstić information content (AvgIpc) is 2.50. The molecule has 122 valence electrons. The largest absolute Gasteiger partial charge is 0.475 e. The number of carboxylic acids is 1. The standard InChI is InChI=1S/C17H19ClN2O3/c1-4-14-12(9-11-7-5-6-8-13(11)18)16(23-10(2)3)20-15(19-14)17(21)22/h5-8,10H,4,9H2,1-3H3,(H,21,22). The first kappa shape index (κ1) is 17.2. The molecule has 1 heterocycles. The first-order valence-electron chi connectivity index (χ1n) is 7.45. The van der Waals surface area contributed by atoms with Gasteiger partial charge in [0.15, 0.2) is 0 Å². The number of aromatic nitrogens is 2. The molecule has 0 atom stereocenters. The molecule has 0 spiro atoms. The molecule has 0 bridgehead atoms. The van der Waals surface area contributed by atoms with Gasteiger partial charge in [-0.1, -0.05) is 36.7 Å². The second-order valence-corrected chi connectivity index (χ2v) is 5.78. The van der Waals surface area contributed by atoms with Crippen molar-refractivity contribution in [1.82, 2.24) is 9.97 Å². The molecule has 1 aromatic heterocycles. The van der Waals surface area contributed by atoms with E-state index in [1.165, 1.54) is 0 Å². The van der Waals surface area contributed by atoms with Gasteiger partial charge in [-0.3, -0.25) is 0 Å². The summed E-state index contributed by atoms with van der Waals surface area (Å²) in [6.45, 7) is 5.66. The van der Waals surface area contributed by atoms with Gasteiger partial charge in [0.05, 0.1) is 11.8 Å². The number of ether oxygens (including phenoxy) is 1. The van der Waals surface area contributed by atoms with Crippen molar-refractivity contribution < 1.29 is 14.6 Å². The van der Waals surface area contributed by atoms with E-state index in [0.29, 0.717) is 29.4 Å². The molecule has 0 radical (unpaired) electrons. The van der Waals surface area contributed by atoms with Crippen LogP contribution in [-0.2, 0) is 12.8 Å². The van der Waals surface area contributed by atoms with Crippen molar-refractivity contribution in [2.45, 2.75) is 39.7 Å². The fraction of sp³-hybridized carbons (Fsp3) is 0.353. The molecule has 0 saturated heterocycles. The van der Waals surface area contributed by atoms with Gasteiger partial charge >= 0.3 is 5.97 Å². The third kappa shape index (κ3) is 4.20. The van der Waals surface area contributed by atoms with Crippen LogP contribution < -0.4 is 4.74 Å².